The first-order chi connectivity index (χ1) is 8.53. The van der Waals surface area contributed by atoms with Gasteiger partial charge in [0.1, 0.15) is 0 Å². The van der Waals surface area contributed by atoms with Gasteiger partial charge in [0.2, 0.25) is 10.0 Å². The van der Waals surface area contributed by atoms with Crippen LogP contribution in [0.4, 0.5) is 0 Å². The van der Waals surface area contributed by atoms with Crippen molar-refractivity contribution in [2.24, 2.45) is 0 Å². The zero-order valence-corrected chi connectivity index (χ0v) is 11.7. The highest BCUT2D eigenvalue weighted by Gasteiger charge is 2.28. The highest BCUT2D eigenvalue weighted by atomic mass is 32.2. The van der Waals surface area contributed by atoms with Gasteiger partial charge in [0.05, 0.1) is 4.90 Å². The fraction of sp³-hybridized carbons (Fsp3) is 0.538. The smallest absolute Gasteiger partial charge is 0.240 e. The monoisotopic (exact) mass is 268 g/mol. The Morgan fingerprint density at radius 2 is 2.06 bits per heavy atom. The number of benzene rings is 1. The first kappa shape index (κ1) is 13.5. The third-order valence-corrected chi connectivity index (χ3v) is 4.61. The molecule has 4 nitrogen and oxygen atoms in total. The third-order valence-electron chi connectivity index (χ3n) is 3.10. The topological polar surface area (TPSA) is 58.2 Å². The average molecular weight is 268 g/mol. The Morgan fingerprint density at radius 1 is 1.33 bits per heavy atom. The maximum atomic E-state index is 12.1. The van der Waals surface area contributed by atoms with Gasteiger partial charge in [-0.15, -0.1) is 0 Å². The zero-order chi connectivity index (χ0) is 13.2. The largest absolute Gasteiger partial charge is 0.313 e. The van der Waals surface area contributed by atoms with Gasteiger partial charge < -0.3 is 5.32 Å². The molecule has 0 heterocycles. The van der Waals surface area contributed by atoms with Gasteiger partial charge in [-0.25, -0.2) is 13.1 Å². The fourth-order valence-corrected chi connectivity index (χ4v) is 3.11. The molecule has 1 aromatic rings. The molecule has 1 saturated carbocycles. The lowest BCUT2D eigenvalue weighted by atomic mass is 10.1. The van der Waals surface area contributed by atoms with Crippen molar-refractivity contribution in [3.05, 3.63) is 29.3 Å². The van der Waals surface area contributed by atoms with Gasteiger partial charge in [-0.2, -0.15) is 0 Å². The number of sulfonamides is 1. The van der Waals surface area contributed by atoms with E-state index >= 15 is 0 Å². The van der Waals surface area contributed by atoms with E-state index in [4.69, 9.17) is 0 Å². The summed E-state index contributed by atoms with van der Waals surface area (Å²) in [5.74, 6) is 0. The number of hydrogen-bond donors (Lipinski definition) is 2. The molecule has 0 amide bonds. The molecule has 0 aromatic heterocycles. The Kier molecular flexibility index (Phi) is 4.04. The van der Waals surface area contributed by atoms with Gasteiger partial charge >= 0.3 is 0 Å². The minimum absolute atomic E-state index is 0.147. The normalized spacial score (nSPS) is 15.9. The number of aryl methyl sites for hydroxylation is 1. The van der Waals surface area contributed by atoms with E-state index in [2.05, 4.69) is 10.0 Å². The summed E-state index contributed by atoms with van der Waals surface area (Å²) in [6.45, 7) is 5.60. The molecule has 0 bridgehead atoms. The van der Waals surface area contributed by atoms with Crippen molar-refractivity contribution in [1.29, 1.82) is 0 Å². The van der Waals surface area contributed by atoms with Crippen molar-refractivity contribution in [3.63, 3.8) is 0 Å². The molecule has 0 saturated heterocycles. The van der Waals surface area contributed by atoms with E-state index in [1.54, 1.807) is 12.1 Å². The Hall–Kier alpha value is -0.910. The van der Waals surface area contributed by atoms with Crippen LogP contribution in [0, 0.1) is 6.92 Å². The molecule has 0 atom stereocenters. The second-order valence-electron chi connectivity index (χ2n) is 4.76. The molecule has 18 heavy (non-hydrogen) atoms. The molecule has 0 radical (unpaired) electrons. The van der Waals surface area contributed by atoms with E-state index in [1.807, 2.05) is 19.9 Å². The van der Waals surface area contributed by atoms with Gasteiger partial charge in [0, 0.05) is 12.6 Å². The summed E-state index contributed by atoms with van der Waals surface area (Å²) in [5.41, 5.74) is 2.15. The van der Waals surface area contributed by atoms with Crippen LogP contribution in [0.2, 0.25) is 0 Å². The summed E-state index contributed by atoms with van der Waals surface area (Å²) in [6, 6.07) is 5.46. The molecule has 2 N–H and O–H groups in total. The van der Waals surface area contributed by atoms with Crippen LogP contribution in [0.15, 0.2) is 23.1 Å². The zero-order valence-electron chi connectivity index (χ0n) is 10.9. The van der Waals surface area contributed by atoms with Crippen LogP contribution in [0.5, 0.6) is 0 Å². The van der Waals surface area contributed by atoms with Crippen LogP contribution >= 0.6 is 0 Å². The molecule has 0 spiro atoms. The Balaban J connectivity index is 2.22. The summed E-state index contributed by atoms with van der Waals surface area (Å²) in [6.07, 6.45) is 1.91. The maximum Gasteiger partial charge on any atom is 0.240 e. The summed E-state index contributed by atoms with van der Waals surface area (Å²) in [4.78, 5) is 0.368. The van der Waals surface area contributed by atoms with Gasteiger partial charge in [-0.1, -0.05) is 13.0 Å². The van der Waals surface area contributed by atoms with E-state index in [0.29, 0.717) is 11.4 Å². The predicted molar refractivity (Wildman–Crippen MR) is 71.9 cm³/mol. The molecule has 1 aromatic carbocycles. The van der Waals surface area contributed by atoms with Gasteiger partial charge in [0.15, 0.2) is 0 Å². The van der Waals surface area contributed by atoms with E-state index in [0.717, 1.165) is 30.5 Å². The molecule has 1 aliphatic carbocycles. The molecule has 1 aliphatic rings. The maximum absolute atomic E-state index is 12.1. The van der Waals surface area contributed by atoms with Crippen LogP contribution in [0.3, 0.4) is 0 Å². The van der Waals surface area contributed by atoms with Crippen molar-refractivity contribution in [2.75, 3.05) is 6.54 Å². The van der Waals surface area contributed by atoms with Crippen LogP contribution < -0.4 is 10.0 Å². The second kappa shape index (κ2) is 5.38. The summed E-state index contributed by atoms with van der Waals surface area (Å²) < 4.78 is 26.9. The second-order valence-corrected chi connectivity index (χ2v) is 6.48. The van der Waals surface area contributed by atoms with E-state index in [9.17, 15) is 8.42 Å². The molecule has 0 aliphatic heterocycles. The Labute approximate surface area is 109 Å². The van der Waals surface area contributed by atoms with Crippen molar-refractivity contribution < 1.29 is 8.42 Å². The van der Waals surface area contributed by atoms with Crippen LogP contribution in [0.1, 0.15) is 30.9 Å². The van der Waals surface area contributed by atoms with E-state index in [-0.39, 0.29) is 6.04 Å². The molecular formula is C13H20N2O2S. The van der Waals surface area contributed by atoms with Crippen LogP contribution in [-0.4, -0.2) is 21.0 Å². The van der Waals surface area contributed by atoms with Crippen molar-refractivity contribution in [3.8, 4) is 0 Å². The minimum atomic E-state index is -3.34. The number of nitrogens with one attached hydrogen (secondary N) is 2. The standard InChI is InChI=1S/C13H20N2O2S/c1-3-14-9-11-8-13(7-4-10(11)2)18(16,17)15-12-5-6-12/h4,7-8,12,14-15H,3,5-6,9H2,1-2H3. The third kappa shape index (κ3) is 3.31. The van der Waals surface area contributed by atoms with Crippen LogP contribution in [-0.2, 0) is 16.6 Å². The van der Waals surface area contributed by atoms with Gasteiger partial charge in [-0.3, -0.25) is 0 Å². The molecule has 2 rings (SSSR count). The Bertz CT molecular complexity index is 522. The molecule has 5 heteroatoms. The molecule has 100 valence electrons. The molecular weight excluding hydrogens is 248 g/mol. The number of hydrogen-bond acceptors (Lipinski definition) is 3. The highest BCUT2D eigenvalue weighted by Crippen LogP contribution is 2.23. The lowest BCUT2D eigenvalue weighted by molar-refractivity contribution is 0.580. The summed E-state index contributed by atoms with van der Waals surface area (Å²) in [7, 11) is -3.34. The van der Waals surface area contributed by atoms with E-state index in [1.165, 1.54) is 0 Å². The summed E-state index contributed by atoms with van der Waals surface area (Å²) in [5, 5.41) is 3.22. The van der Waals surface area contributed by atoms with E-state index < -0.39 is 10.0 Å². The SMILES string of the molecule is CCNCc1cc(S(=O)(=O)NC2CC2)ccc1C. The molecule has 0 unspecified atom stereocenters. The average Bonchev–Trinajstić information content (AvgIpc) is 3.11. The lowest BCUT2D eigenvalue weighted by Gasteiger charge is -2.10. The van der Waals surface area contributed by atoms with Crippen molar-refractivity contribution in [2.45, 2.75) is 44.2 Å². The van der Waals surface area contributed by atoms with Crippen molar-refractivity contribution in [1.82, 2.24) is 10.0 Å². The highest BCUT2D eigenvalue weighted by molar-refractivity contribution is 7.89. The van der Waals surface area contributed by atoms with Crippen molar-refractivity contribution >= 4 is 10.0 Å². The predicted octanol–water partition coefficient (Wildman–Crippen LogP) is 1.55. The first-order valence-corrected chi connectivity index (χ1v) is 7.84. The molecule has 1 fully saturated rings. The van der Waals surface area contributed by atoms with Gasteiger partial charge in [-0.05, 0) is 49.6 Å². The lowest BCUT2D eigenvalue weighted by Crippen LogP contribution is -2.26. The quantitative estimate of drug-likeness (QED) is 0.823. The van der Waals surface area contributed by atoms with Gasteiger partial charge in [0.25, 0.3) is 0 Å². The summed E-state index contributed by atoms with van der Waals surface area (Å²) >= 11 is 0. The number of rotatable bonds is 6. The van der Waals surface area contributed by atoms with Crippen LogP contribution in [0.25, 0.3) is 0 Å². The fourth-order valence-electron chi connectivity index (χ4n) is 1.75. The Morgan fingerprint density at radius 3 is 2.67 bits per heavy atom. The first-order valence-electron chi connectivity index (χ1n) is 6.35. The minimum Gasteiger partial charge on any atom is -0.313 e.